The molecule has 1 rings (SSSR count). The van der Waals surface area contributed by atoms with Crippen LogP contribution in [0.15, 0.2) is 30.3 Å². The van der Waals surface area contributed by atoms with Crippen molar-refractivity contribution in [3.8, 4) is 0 Å². The van der Waals surface area contributed by atoms with Gasteiger partial charge in [0.05, 0.1) is 5.54 Å². The average Bonchev–Trinajstić information content (AvgIpc) is 2.27. The Morgan fingerprint density at radius 3 is 2.56 bits per heavy atom. The highest BCUT2D eigenvalue weighted by atomic mass is 16.2. The lowest BCUT2D eigenvalue weighted by atomic mass is 9.96. The van der Waals surface area contributed by atoms with E-state index in [9.17, 15) is 4.79 Å². The highest BCUT2D eigenvalue weighted by Gasteiger charge is 2.26. The zero-order valence-corrected chi connectivity index (χ0v) is 9.99. The molecule has 3 N–H and O–H groups in total. The van der Waals surface area contributed by atoms with Crippen LogP contribution in [-0.4, -0.2) is 11.4 Å². The molecule has 16 heavy (non-hydrogen) atoms. The largest absolute Gasteiger partial charge is 0.350 e. The van der Waals surface area contributed by atoms with Gasteiger partial charge in [-0.3, -0.25) is 4.79 Å². The number of amides is 1. The Balaban J connectivity index is 2.47. The zero-order valence-electron chi connectivity index (χ0n) is 9.99. The van der Waals surface area contributed by atoms with Crippen LogP contribution in [-0.2, 0) is 11.3 Å². The average molecular weight is 220 g/mol. The fraction of sp³-hybridized carbons (Fsp3) is 0.462. The maximum absolute atomic E-state index is 11.8. The Morgan fingerprint density at radius 1 is 1.38 bits per heavy atom. The van der Waals surface area contributed by atoms with E-state index in [-0.39, 0.29) is 5.91 Å². The molecular formula is C13H20N2O. The number of nitrogens with two attached hydrogens (primary N) is 1. The SMILES string of the molecule is CCCC(C)(N)C(=O)NCc1ccccc1. The Hall–Kier alpha value is -1.35. The number of nitrogens with one attached hydrogen (secondary N) is 1. The summed E-state index contributed by atoms with van der Waals surface area (Å²) >= 11 is 0. The first-order valence-corrected chi connectivity index (χ1v) is 5.67. The van der Waals surface area contributed by atoms with Gasteiger partial charge in [-0.1, -0.05) is 43.7 Å². The highest BCUT2D eigenvalue weighted by molar-refractivity contribution is 5.85. The quantitative estimate of drug-likeness (QED) is 0.795. The van der Waals surface area contributed by atoms with E-state index in [4.69, 9.17) is 5.73 Å². The molecule has 1 atom stereocenters. The minimum Gasteiger partial charge on any atom is -0.350 e. The van der Waals surface area contributed by atoms with Crippen molar-refractivity contribution in [3.05, 3.63) is 35.9 Å². The first kappa shape index (κ1) is 12.7. The van der Waals surface area contributed by atoms with Crippen LogP contribution >= 0.6 is 0 Å². The molecule has 0 fully saturated rings. The van der Waals surface area contributed by atoms with Gasteiger partial charge in [0.2, 0.25) is 5.91 Å². The van der Waals surface area contributed by atoms with Crippen molar-refractivity contribution in [3.63, 3.8) is 0 Å². The van der Waals surface area contributed by atoms with E-state index in [0.717, 1.165) is 12.0 Å². The molecule has 0 heterocycles. The van der Waals surface area contributed by atoms with Gasteiger partial charge in [-0.2, -0.15) is 0 Å². The molecule has 1 aromatic rings. The summed E-state index contributed by atoms with van der Waals surface area (Å²) in [7, 11) is 0. The molecule has 0 aromatic heterocycles. The number of hydrogen-bond donors (Lipinski definition) is 2. The minimum absolute atomic E-state index is 0.0850. The molecule has 0 radical (unpaired) electrons. The van der Waals surface area contributed by atoms with Crippen LogP contribution in [0.2, 0.25) is 0 Å². The second-order valence-corrected chi connectivity index (χ2v) is 4.34. The van der Waals surface area contributed by atoms with Crippen LogP contribution in [0.1, 0.15) is 32.3 Å². The second kappa shape index (κ2) is 5.66. The number of hydrogen-bond acceptors (Lipinski definition) is 2. The van der Waals surface area contributed by atoms with Gasteiger partial charge in [0.15, 0.2) is 0 Å². The van der Waals surface area contributed by atoms with Gasteiger partial charge >= 0.3 is 0 Å². The van der Waals surface area contributed by atoms with Crippen molar-refractivity contribution < 1.29 is 4.79 Å². The van der Waals surface area contributed by atoms with E-state index in [0.29, 0.717) is 13.0 Å². The summed E-state index contributed by atoms with van der Waals surface area (Å²) < 4.78 is 0. The maximum atomic E-state index is 11.8. The number of rotatable bonds is 5. The van der Waals surface area contributed by atoms with Crippen molar-refractivity contribution in [2.24, 2.45) is 5.73 Å². The van der Waals surface area contributed by atoms with Crippen molar-refractivity contribution in [1.29, 1.82) is 0 Å². The molecule has 0 saturated heterocycles. The van der Waals surface area contributed by atoms with Crippen LogP contribution in [0, 0.1) is 0 Å². The van der Waals surface area contributed by atoms with Crippen LogP contribution in [0.5, 0.6) is 0 Å². The predicted octanol–water partition coefficient (Wildman–Crippen LogP) is 1.82. The summed E-state index contributed by atoms with van der Waals surface area (Å²) in [5, 5.41) is 2.86. The molecule has 0 saturated carbocycles. The molecule has 1 aromatic carbocycles. The number of carbonyl (C=O) groups is 1. The van der Waals surface area contributed by atoms with Gasteiger partial charge in [-0.15, -0.1) is 0 Å². The first-order valence-electron chi connectivity index (χ1n) is 5.67. The van der Waals surface area contributed by atoms with Gasteiger partial charge < -0.3 is 11.1 Å². The molecule has 88 valence electrons. The monoisotopic (exact) mass is 220 g/mol. The van der Waals surface area contributed by atoms with Gasteiger partial charge in [-0.25, -0.2) is 0 Å². The molecule has 0 aliphatic carbocycles. The normalized spacial score (nSPS) is 14.2. The van der Waals surface area contributed by atoms with Gasteiger partial charge in [0.25, 0.3) is 0 Å². The van der Waals surface area contributed by atoms with Crippen molar-refractivity contribution in [2.75, 3.05) is 0 Å². The van der Waals surface area contributed by atoms with Crippen molar-refractivity contribution in [2.45, 2.75) is 38.8 Å². The van der Waals surface area contributed by atoms with E-state index < -0.39 is 5.54 Å². The van der Waals surface area contributed by atoms with E-state index in [1.807, 2.05) is 37.3 Å². The fourth-order valence-corrected chi connectivity index (χ4v) is 1.61. The molecular weight excluding hydrogens is 200 g/mol. The summed E-state index contributed by atoms with van der Waals surface area (Å²) in [4.78, 5) is 11.8. The third-order valence-corrected chi connectivity index (χ3v) is 2.58. The Labute approximate surface area is 97.0 Å². The lowest BCUT2D eigenvalue weighted by Gasteiger charge is -2.22. The second-order valence-electron chi connectivity index (χ2n) is 4.34. The van der Waals surface area contributed by atoms with Crippen molar-refractivity contribution >= 4 is 5.91 Å². The third kappa shape index (κ3) is 3.66. The van der Waals surface area contributed by atoms with Crippen molar-refractivity contribution in [1.82, 2.24) is 5.32 Å². The van der Waals surface area contributed by atoms with E-state index >= 15 is 0 Å². The Kier molecular flexibility index (Phi) is 4.50. The minimum atomic E-state index is -0.760. The molecule has 1 amide bonds. The highest BCUT2D eigenvalue weighted by Crippen LogP contribution is 2.08. The summed E-state index contributed by atoms with van der Waals surface area (Å²) in [5.41, 5.74) is 6.25. The summed E-state index contributed by atoms with van der Waals surface area (Å²) in [6, 6.07) is 9.82. The molecule has 1 unspecified atom stereocenters. The molecule has 0 bridgehead atoms. The lowest BCUT2D eigenvalue weighted by Crippen LogP contribution is -2.51. The Morgan fingerprint density at radius 2 is 2.00 bits per heavy atom. The third-order valence-electron chi connectivity index (χ3n) is 2.58. The van der Waals surface area contributed by atoms with E-state index in [1.165, 1.54) is 0 Å². The Bertz CT molecular complexity index is 333. The topological polar surface area (TPSA) is 55.1 Å². The smallest absolute Gasteiger partial charge is 0.240 e. The van der Waals surface area contributed by atoms with Crippen LogP contribution < -0.4 is 11.1 Å². The molecule has 3 nitrogen and oxygen atoms in total. The molecule has 0 aliphatic rings. The number of carbonyl (C=O) groups excluding carboxylic acids is 1. The molecule has 0 aliphatic heterocycles. The first-order chi connectivity index (χ1) is 7.56. The van der Waals surface area contributed by atoms with Crippen LogP contribution in [0.4, 0.5) is 0 Å². The standard InChI is InChI=1S/C13H20N2O/c1-3-9-13(2,14)12(16)15-10-11-7-5-4-6-8-11/h4-8H,3,9-10,14H2,1-2H3,(H,15,16). The van der Waals surface area contributed by atoms with Gasteiger partial charge in [0, 0.05) is 6.54 Å². The van der Waals surface area contributed by atoms with Crippen LogP contribution in [0.3, 0.4) is 0 Å². The number of benzene rings is 1. The lowest BCUT2D eigenvalue weighted by molar-refractivity contribution is -0.126. The van der Waals surface area contributed by atoms with E-state index in [1.54, 1.807) is 6.92 Å². The molecule has 0 spiro atoms. The fourth-order valence-electron chi connectivity index (χ4n) is 1.61. The van der Waals surface area contributed by atoms with Gasteiger partial charge in [0.1, 0.15) is 0 Å². The predicted molar refractivity (Wildman–Crippen MR) is 65.8 cm³/mol. The van der Waals surface area contributed by atoms with Gasteiger partial charge in [-0.05, 0) is 18.9 Å². The molecule has 3 heteroatoms. The van der Waals surface area contributed by atoms with E-state index in [2.05, 4.69) is 5.32 Å². The summed E-state index contributed by atoms with van der Waals surface area (Å²) in [6.45, 7) is 4.34. The summed E-state index contributed by atoms with van der Waals surface area (Å²) in [5.74, 6) is -0.0850. The zero-order chi connectivity index (χ0) is 12.0. The maximum Gasteiger partial charge on any atom is 0.240 e. The summed E-state index contributed by atoms with van der Waals surface area (Å²) in [6.07, 6.45) is 1.61. The van der Waals surface area contributed by atoms with Crippen LogP contribution in [0.25, 0.3) is 0 Å².